The highest BCUT2D eigenvalue weighted by molar-refractivity contribution is 7.89. The van der Waals surface area contributed by atoms with Crippen molar-refractivity contribution < 1.29 is 22.0 Å². The number of nitrogens with zero attached hydrogens (tertiary/aromatic N) is 1. The molecule has 0 radical (unpaired) electrons. The van der Waals surface area contributed by atoms with Crippen LogP contribution in [0, 0.1) is 5.82 Å². The lowest BCUT2D eigenvalue weighted by atomic mass is 10.2. The number of halogens is 1. The zero-order chi connectivity index (χ0) is 20.0. The van der Waals surface area contributed by atoms with Gasteiger partial charge in [0, 0.05) is 31.3 Å². The van der Waals surface area contributed by atoms with Gasteiger partial charge in [-0.3, -0.25) is 9.78 Å². The first-order valence-electron chi connectivity index (χ1n) is 8.44. The summed E-state index contributed by atoms with van der Waals surface area (Å²) in [5.74, 6) is -1.18. The maximum atomic E-state index is 13.6. The number of hydrogen-bond donors (Lipinski definition) is 2. The Balaban J connectivity index is 1.45. The van der Waals surface area contributed by atoms with Crippen molar-refractivity contribution in [1.82, 2.24) is 15.0 Å². The van der Waals surface area contributed by atoms with Gasteiger partial charge in [-0.05, 0) is 29.8 Å². The Labute approximate surface area is 161 Å². The monoisotopic (exact) mass is 403 g/mol. The first-order chi connectivity index (χ1) is 13.5. The standard InChI is InChI=1S/C19H18FN3O4S/c20-16-3-1-2-4-18(16)28(25,26)23-9-7-19(24)22-12-14-5-6-17(21-11-14)15-8-10-27-13-15/h1-6,8,10-11,13,23H,7,9,12H2,(H,22,24). The van der Waals surface area contributed by atoms with Gasteiger partial charge in [0.2, 0.25) is 15.9 Å². The van der Waals surface area contributed by atoms with Gasteiger partial charge in [-0.2, -0.15) is 0 Å². The Morgan fingerprint density at radius 2 is 1.96 bits per heavy atom. The number of nitrogens with one attached hydrogen (secondary N) is 2. The van der Waals surface area contributed by atoms with Crippen LogP contribution >= 0.6 is 0 Å². The van der Waals surface area contributed by atoms with Crippen LogP contribution in [0.2, 0.25) is 0 Å². The van der Waals surface area contributed by atoms with Gasteiger partial charge in [0.1, 0.15) is 10.7 Å². The molecule has 0 spiro atoms. The lowest BCUT2D eigenvalue weighted by Crippen LogP contribution is -2.31. The van der Waals surface area contributed by atoms with Gasteiger partial charge < -0.3 is 9.73 Å². The minimum absolute atomic E-state index is 0.0752. The van der Waals surface area contributed by atoms with Gasteiger partial charge in [-0.1, -0.05) is 18.2 Å². The molecule has 0 atom stereocenters. The summed E-state index contributed by atoms with van der Waals surface area (Å²) in [7, 11) is -4.00. The molecular weight excluding hydrogens is 385 g/mol. The SMILES string of the molecule is O=C(CCNS(=O)(=O)c1ccccc1F)NCc1ccc(-c2ccoc2)nc1. The number of hydrogen-bond acceptors (Lipinski definition) is 5. The Morgan fingerprint density at radius 3 is 2.64 bits per heavy atom. The molecule has 2 heterocycles. The summed E-state index contributed by atoms with van der Waals surface area (Å²) in [4.78, 5) is 15.8. The third-order valence-electron chi connectivity index (χ3n) is 3.90. The van der Waals surface area contributed by atoms with E-state index in [-0.39, 0.29) is 25.4 Å². The number of sulfonamides is 1. The maximum Gasteiger partial charge on any atom is 0.243 e. The van der Waals surface area contributed by atoms with E-state index in [1.54, 1.807) is 24.8 Å². The number of rotatable bonds is 8. The highest BCUT2D eigenvalue weighted by atomic mass is 32.2. The molecule has 0 bridgehead atoms. The van der Waals surface area contributed by atoms with Crippen molar-refractivity contribution in [2.45, 2.75) is 17.9 Å². The molecule has 28 heavy (non-hydrogen) atoms. The number of carbonyl (C=O) groups is 1. The highest BCUT2D eigenvalue weighted by Crippen LogP contribution is 2.17. The van der Waals surface area contributed by atoms with Crippen molar-refractivity contribution in [2.75, 3.05) is 6.54 Å². The number of benzene rings is 1. The van der Waals surface area contributed by atoms with Crippen molar-refractivity contribution in [2.24, 2.45) is 0 Å². The van der Waals surface area contributed by atoms with Gasteiger partial charge in [-0.25, -0.2) is 17.5 Å². The van der Waals surface area contributed by atoms with Crippen molar-refractivity contribution >= 4 is 15.9 Å². The Bertz CT molecular complexity index is 1040. The van der Waals surface area contributed by atoms with Crippen LogP contribution in [0.1, 0.15) is 12.0 Å². The Morgan fingerprint density at radius 1 is 1.14 bits per heavy atom. The molecule has 146 valence electrons. The quantitative estimate of drug-likeness (QED) is 0.602. The lowest BCUT2D eigenvalue weighted by Gasteiger charge is -2.08. The fourth-order valence-corrected chi connectivity index (χ4v) is 3.55. The number of furan rings is 1. The van der Waals surface area contributed by atoms with Crippen LogP contribution in [0.15, 0.2) is 70.5 Å². The van der Waals surface area contributed by atoms with E-state index < -0.39 is 20.7 Å². The molecule has 2 N–H and O–H groups in total. The molecule has 7 nitrogen and oxygen atoms in total. The number of aromatic nitrogens is 1. The van der Waals surface area contributed by atoms with Crippen molar-refractivity contribution in [1.29, 1.82) is 0 Å². The van der Waals surface area contributed by atoms with E-state index in [2.05, 4.69) is 15.0 Å². The fourth-order valence-electron chi connectivity index (χ4n) is 2.44. The van der Waals surface area contributed by atoms with Crippen LogP contribution in [0.3, 0.4) is 0 Å². The first-order valence-corrected chi connectivity index (χ1v) is 9.92. The molecule has 0 aliphatic heterocycles. The second kappa shape index (κ2) is 8.77. The summed E-state index contributed by atoms with van der Waals surface area (Å²) in [6.45, 7) is 0.123. The predicted octanol–water partition coefficient (Wildman–Crippen LogP) is 2.47. The van der Waals surface area contributed by atoms with Gasteiger partial charge >= 0.3 is 0 Å². The summed E-state index contributed by atoms with van der Waals surface area (Å²) in [5.41, 5.74) is 2.41. The van der Waals surface area contributed by atoms with Crippen molar-refractivity contribution in [3.8, 4) is 11.3 Å². The van der Waals surface area contributed by atoms with Crippen molar-refractivity contribution in [3.05, 3.63) is 72.6 Å². The van der Waals surface area contributed by atoms with E-state index in [0.29, 0.717) is 0 Å². The van der Waals surface area contributed by atoms with E-state index in [1.807, 2.05) is 12.1 Å². The van der Waals surface area contributed by atoms with Gasteiger partial charge in [0.25, 0.3) is 0 Å². The summed E-state index contributed by atoms with van der Waals surface area (Å²) < 4.78 is 44.9. The van der Waals surface area contributed by atoms with Crippen LogP contribution in [0.5, 0.6) is 0 Å². The zero-order valence-corrected chi connectivity index (χ0v) is 15.6. The smallest absolute Gasteiger partial charge is 0.243 e. The molecule has 3 aromatic rings. The van der Waals surface area contributed by atoms with Crippen LogP contribution in [0.4, 0.5) is 4.39 Å². The van der Waals surface area contributed by atoms with Gasteiger partial charge in [-0.15, -0.1) is 0 Å². The molecule has 1 aromatic carbocycles. The van der Waals surface area contributed by atoms with Crippen LogP contribution in [0.25, 0.3) is 11.3 Å². The molecule has 0 unspecified atom stereocenters. The summed E-state index contributed by atoms with van der Waals surface area (Å²) in [6.07, 6.45) is 4.72. The van der Waals surface area contributed by atoms with E-state index in [1.165, 1.54) is 12.1 Å². The van der Waals surface area contributed by atoms with E-state index in [0.717, 1.165) is 29.0 Å². The Kier molecular flexibility index (Phi) is 6.17. The predicted molar refractivity (Wildman–Crippen MR) is 100.0 cm³/mol. The van der Waals surface area contributed by atoms with E-state index in [4.69, 9.17) is 4.42 Å². The minimum Gasteiger partial charge on any atom is -0.472 e. The molecule has 0 fully saturated rings. The van der Waals surface area contributed by atoms with Crippen LogP contribution in [-0.4, -0.2) is 25.9 Å². The molecule has 2 aromatic heterocycles. The van der Waals surface area contributed by atoms with E-state index >= 15 is 0 Å². The van der Waals surface area contributed by atoms with Gasteiger partial charge in [0.15, 0.2) is 0 Å². The minimum atomic E-state index is -4.00. The third kappa shape index (κ3) is 5.02. The molecule has 0 aliphatic rings. The molecule has 0 saturated carbocycles. The topological polar surface area (TPSA) is 101 Å². The lowest BCUT2D eigenvalue weighted by molar-refractivity contribution is -0.121. The van der Waals surface area contributed by atoms with Crippen molar-refractivity contribution in [3.63, 3.8) is 0 Å². The average Bonchev–Trinajstić information content (AvgIpc) is 3.21. The fraction of sp³-hybridized carbons (Fsp3) is 0.158. The maximum absolute atomic E-state index is 13.6. The molecule has 9 heteroatoms. The average molecular weight is 403 g/mol. The molecule has 1 amide bonds. The Hall–Kier alpha value is -3.04. The highest BCUT2D eigenvalue weighted by Gasteiger charge is 2.18. The second-order valence-electron chi connectivity index (χ2n) is 5.92. The first kappa shape index (κ1) is 19.7. The zero-order valence-electron chi connectivity index (χ0n) is 14.8. The second-order valence-corrected chi connectivity index (χ2v) is 7.65. The largest absolute Gasteiger partial charge is 0.472 e. The van der Waals surface area contributed by atoms with Crippen LogP contribution in [-0.2, 0) is 21.4 Å². The molecule has 3 rings (SSSR count). The third-order valence-corrected chi connectivity index (χ3v) is 5.40. The number of amides is 1. The number of carbonyl (C=O) groups excluding carboxylic acids is 1. The number of pyridine rings is 1. The van der Waals surface area contributed by atoms with Crippen LogP contribution < -0.4 is 10.0 Å². The molecule has 0 saturated heterocycles. The molecular formula is C19H18FN3O4S. The van der Waals surface area contributed by atoms with Gasteiger partial charge in [0.05, 0.1) is 18.2 Å². The summed E-state index contributed by atoms with van der Waals surface area (Å²) in [6, 6.07) is 10.5. The normalized spacial score (nSPS) is 11.3. The summed E-state index contributed by atoms with van der Waals surface area (Å²) in [5, 5.41) is 2.68. The molecule has 0 aliphatic carbocycles. The summed E-state index contributed by atoms with van der Waals surface area (Å²) >= 11 is 0. The van der Waals surface area contributed by atoms with E-state index in [9.17, 15) is 17.6 Å².